The van der Waals surface area contributed by atoms with Gasteiger partial charge < -0.3 is 0 Å². The molecule has 0 aliphatic heterocycles. The highest BCUT2D eigenvalue weighted by atomic mass is 32.2. The maximum absolute atomic E-state index is 11.5. The first-order valence-corrected chi connectivity index (χ1v) is 5.52. The van der Waals surface area contributed by atoms with Crippen molar-refractivity contribution in [3.63, 3.8) is 0 Å². The standard InChI is InChI=1S/C8H19NOS/c1-5-9(6-2)11(10)7-8(3)4/h8H,5-7H2,1-4H3. The molecule has 1 atom stereocenters. The molecule has 68 valence electrons. The SMILES string of the molecule is CCN(CC)S(=O)CC(C)C. The van der Waals surface area contributed by atoms with Crippen LogP contribution >= 0.6 is 0 Å². The summed E-state index contributed by atoms with van der Waals surface area (Å²) in [5.74, 6) is 1.32. The predicted octanol–water partition coefficient (Wildman–Crippen LogP) is 1.65. The quantitative estimate of drug-likeness (QED) is 0.625. The van der Waals surface area contributed by atoms with Crippen LogP contribution in [0, 0.1) is 5.92 Å². The van der Waals surface area contributed by atoms with Crippen LogP contribution in [0.4, 0.5) is 0 Å². The van der Waals surface area contributed by atoms with E-state index >= 15 is 0 Å². The second-order valence-corrected chi connectivity index (χ2v) is 4.49. The molecular weight excluding hydrogens is 158 g/mol. The second kappa shape index (κ2) is 5.72. The van der Waals surface area contributed by atoms with Crippen molar-refractivity contribution < 1.29 is 4.21 Å². The molecule has 0 bridgehead atoms. The fourth-order valence-electron chi connectivity index (χ4n) is 0.902. The Morgan fingerprint density at radius 1 is 1.27 bits per heavy atom. The van der Waals surface area contributed by atoms with Crippen molar-refractivity contribution in [3.05, 3.63) is 0 Å². The minimum atomic E-state index is -0.755. The zero-order valence-electron chi connectivity index (χ0n) is 7.96. The van der Waals surface area contributed by atoms with Crippen molar-refractivity contribution in [2.45, 2.75) is 27.7 Å². The van der Waals surface area contributed by atoms with Gasteiger partial charge in [-0.1, -0.05) is 27.7 Å². The average Bonchev–Trinajstić information content (AvgIpc) is 1.88. The summed E-state index contributed by atoms with van der Waals surface area (Å²) in [5.41, 5.74) is 0. The molecule has 0 radical (unpaired) electrons. The first-order chi connectivity index (χ1) is 5.11. The van der Waals surface area contributed by atoms with E-state index in [1.807, 2.05) is 18.2 Å². The Morgan fingerprint density at radius 2 is 1.73 bits per heavy atom. The van der Waals surface area contributed by atoms with E-state index < -0.39 is 11.0 Å². The zero-order valence-corrected chi connectivity index (χ0v) is 8.78. The molecule has 0 fully saturated rings. The molecule has 0 spiro atoms. The highest BCUT2D eigenvalue weighted by Crippen LogP contribution is 2.01. The summed E-state index contributed by atoms with van der Waals surface area (Å²) in [7, 11) is -0.755. The molecule has 0 rings (SSSR count). The topological polar surface area (TPSA) is 20.3 Å². The zero-order chi connectivity index (χ0) is 8.85. The molecule has 0 aromatic rings. The lowest BCUT2D eigenvalue weighted by molar-refractivity contribution is 0.484. The van der Waals surface area contributed by atoms with E-state index in [-0.39, 0.29) is 0 Å². The lowest BCUT2D eigenvalue weighted by Gasteiger charge is -2.17. The van der Waals surface area contributed by atoms with Gasteiger partial charge in [0.15, 0.2) is 0 Å². The molecule has 0 amide bonds. The Kier molecular flexibility index (Phi) is 5.78. The molecule has 0 heterocycles. The molecule has 11 heavy (non-hydrogen) atoms. The molecule has 2 nitrogen and oxygen atoms in total. The van der Waals surface area contributed by atoms with Gasteiger partial charge in [0.1, 0.15) is 0 Å². The minimum absolute atomic E-state index is 0.524. The summed E-state index contributed by atoms with van der Waals surface area (Å²) in [5, 5.41) is 0. The lowest BCUT2D eigenvalue weighted by Crippen LogP contribution is -2.28. The molecule has 3 heteroatoms. The van der Waals surface area contributed by atoms with Gasteiger partial charge in [0.2, 0.25) is 0 Å². The van der Waals surface area contributed by atoms with Crippen LogP contribution in [-0.4, -0.2) is 27.4 Å². The maximum Gasteiger partial charge on any atom is 0.0944 e. The third-order valence-corrected chi connectivity index (χ3v) is 3.51. The van der Waals surface area contributed by atoms with Crippen molar-refractivity contribution in [1.29, 1.82) is 0 Å². The fraction of sp³-hybridized carbons (Fsp3) is 1.00. The van der Waals surface area contributed by atoms with Crippen molar-refractivity contribution in [1.82, 2.24) is 4.31 Å². The normalized spacial score (nSPS) is 14.4. The van der Waals surface area contributed by atoms with Gasteiger partial charge in [-0.05, 0) is 5.92 Å². The van der Waals surface area contributed by atoms with Gasteiger partial charge in [0, 0.05) is 18.8 Å². The number of rotatable bonds is 5. The van der Waals surface area contributed by atoms with Crippen LogP contribution in [0.1, 0.15) is 27.7 Å². The molecule has 0 aliphatic rings. The van der Waals surface area contributed by atoms with Crippen LogP contribution in [0.15, 0.2) is 0 Å². The summed E-state index contributed by atoms with van der Waals surface area (Å²) in [6, 6.07) is 0. The molecule has 1 unspecified atom stereocenters. The van der Waals surface area contributed by atoms with Crippen LogP contribution < -0.4 is 0 Å². The number of nitrogens with zero attached hydrogens (tertiary/aromatic N) is 1. The van der Waals surface area contributed by atoms with Crippen LogP contribution in [0.3, 0.4) is 0 Å². The summed E-state index contributed by atoms with van der Waals surface area (Å²) in [6.45, 7) is 10.1. The van der Waals surface area contributed by atoms with E-state index in [2.05, 4.69) is 13.8 Å². The van der Waals surface area contributed by atoms with Crippen molar-refractivity contribution in [2.24, 2.45) is 5.92 Å². The van der Waals surface area contributed by atoms with Gasteiger partial charge in [-0.3, -0.25) is 0 Å². The molecule has 0 saturated carbocycles. The summed E-state index contributed by atoms with van der Waals surface area (Å²) >= 11 is 0. The second-order valence-electron chi connectivity index (χ2n) is 3.00. The Balaban J connectivity index is 3.79. The third-order valence-electron chi connectivity index (χ3n) is 1.47. The highest BCUT2D eigenvalue weighted by molar-refractivity contribution is 7.82. The average molecular weight is 177 g/mol. The molecule has 0 aromatic carbocycles. The van der Waals surface area contributed by atoms with Crippen LogP contribution in [0.5, 0.6) is 0 Å². The van der Waals surface area contributed by atoms with E-state index in [9.17, 15) is 4.21 Å². The molecule has 0 aromatic heterocycles. The Hall–Kier alpha value is 0.110. The predicted molar refractivity (Wildman–Crippen MR) is 50.8 cm³/mol. The molecule has 0 saturated heterocycles. The van der Waals surface area contributed by atoms with Gasteiger partial charge in [0.05, 0.1) is 11.0 Å². The van der Waals surface area contributed by atoms with E-state index in [4.69, 9.17) is 0 Å². The van der Waals surface area contributed by atoms with Crippen LogP contribution in [0.25, 0.3) is 0 Å². The Morgan fingerprint density at radius 3 is 2.00 bits per heavy atom. The van der Waals surface area contributed by atoms with Gasteiger partial charge >= 0.3 is 0 Å². The first kappa shape index (κ1) is 11.1. The Bertz CT molecular complexity index is 121. The maximum atomic E-state index is 11.5. The number of hydrogen-bond donors (Lipinski definition) is 0. The van der Waals surface area contributed by atoms with Gasteiger partial charge in [-0.15, -0.1) is 0 Å². The summed E-state index contributed by atoms with van der Waals surface area (Å²) < 4.78 is 13.4. The summed E-state index contributed by atoms with van der Waals surface area (Å²) in [6.07, 6.45) is 0. The van der Waals surface area contributed by atoms with E-state index in [0.717, 1.165) is 18.8 Å². The monoisotopic (exact) mass is 177 g/mol. The van der Waals surface area contributed by atoms with E-state index in [1.165, 1.54) is 0 Å². The van der Waals surface area contributed by atoms with Gasteiger partial charge in [-0.2, -0.15) is 0 Å². The highest BCUT2D eigenvalue weighted by Gasteiger charge is 2.09. The Labute approximate surface area is 72.6 Å². The summed E-state index contributed by atoms with van der Waals surface area (Å²) in [4.78, 5) is 0. The van der Waals surface area contributed by atoms with Gasteiger partial charge in [0.25, 0.3) is 0 Å². The first-order valence-electron chi connectivity index (χ1n) is 4.25. The smallest absolute Gasteiger partial charge is 0.0944 e. The largest absolute Gasteiger partial charge is 0.243 e. The molecule has 0 N–H and O–H groups in total. The lowest BCUT2D eigenvalue weighted by atomic mass is 10.3. The van der Waals surface area contributed by atoms with Gasteiger partial charge in [-0.25, -0.2) is 8.51 Å². The van der Waals surface area contributed by atoms with E-state index in [0.29, 0.717) is 5.92 Å². The van der Waals surface area contributed by atoms with Crippen molar-refractivity contribution in [3.8, 4) is 0 Å². The third kappa shape index (κ3) is 4.53. The fourth-order valence-corrected chi connectivity index (χ4v) is 2.26. The van der Waals surface area contributed by atoms with Crippen molar-refractivity contribution >= 4 is 11.0 Å². The van der Waals surface area contributed by atoms with Crippen LogP contribution in [-0.2, 0) is 11.0 Å². The minimum Gasteiger partial charge on any atom is -0.243 e. The number of hydrogen-bond acceptors (Lipinski definition) is 1. The van der Waals surface area contributed by atoms with Crippen LogP contribution in [0.2, 0.25) is 0 Å². The van der Waals surface area contributed by atoms with Crippen molar-refractivity contribution in [2.75, 3.05) is 18.8 Å². The molecule has 0 aliphatic carbocycles. The molecular formula is C8H19NOS. The van der Waals surface area contributed by atoms with E-state index in [1.54, 1.807) is 0 Å².